The van der Waals surface area contributed by atoms with E-state index in [-0.39, 0.29) is 6.04 Å². The highest BCUT2D eigenvalue weighted by atomic mass is 79.9. The Kier molecular flexibility index (Phi) is 3.88. The molecule has 0 spiro atoms. The number of nitrogens with zero attached hydrogens (tertiary/aromatic N) is 2. The first kappa shape index (κ1) is 13.3. The Morgan fingerprint density at radius 1 is 1.22 bits per heavy atom. The van der Waals surface area contributed by atoms with Crippen LogP contribution in [0, 0.1) is 20.8 Å². The Hall–Kier alpha value is -1.13. The van der Waals surface area contributed by atoms with Crippen LogP contribution in [-0.4, -0.2) is 16.3 Å². The van der Waals surface area contributed by atoms with Crippen molar-refractivity contribution in [3.8, 4) is 0 Å². The lowest BCUT2D eigenvalue weighted by atomic mass is 10.1. The summed E-state index contributed by atoms with van der Waals surface area (Å²) in [5, 5.41) is 4.60. The third kappa shape index (κ3) is 2.35. The van der Waals surface area contributed by atoms with Gasteiger partial charge in [-0.15, -0.1) is 0 Å². The number of nitrogens with two attached hydrogens (primary N) is 1. The smallest absolute Gasteiger partial charge is 0.0893 e. The van der Waals surface area contributed by atoms with Crippen molar-refractivity contribution in [3.05, 3.63) is 51.3 Å². The molecule has 1 atom stereocenters. The maximum atomic E-state index is 5.93. The largest absolute Gasteiger partial charge is 0.328 e. The maximum absolute atomic E-state index is 5.93. The second-order valence-corrected chi connectivity index (χ2v) is 5.46. The van der Waals surface area contributed by atoms with Crippen molar-refractivity contribution in [1.82, 2.24) is 9.78 Å². The lowest BCUT2D eigenvalue weighted by molar-refractivity contribution is 0.516. The molecule has 0 aliphatic rings. The van der Waals surface area contributed by atoms with Crippen LogP contribution in [0.2, 0.25) is 0 Å². The van der Waals surface area contributed by atoms with Gasteiger partial charge in [-0.25, -0.2) is 0 Å². The highest BCUT2D eigenvalue weighted by Crippen LogP contribution is 2.23. The quantitative estimate of drug-likeness (QED) is 0.947. The van der Waals surface area contributed by atoms with E-state index >= 15 is 0 Å². The average Bonchev–Trinajstić information content (AvgIpc) is 2.61. The lowest BCUT2D eigenvalue weighted by Crippen LogP contribution is -2.22. The molecule has 3 nitrogen and oxygen atoms in total. The molecule has 0 saturated heterocycles. The number of hydrogen-bond acceptors (Lipinski definition) is 2. The van der Waals surface area contributed by atoms with Crippen LogP contribution in [0.15, 0.2) is 28.7 Å². The first-order valence-electron chi connectivity index (χ1n) is 6.02. The third-order valence-corrected chi connectivity index (χ3v) is 3.99. The van der Waals surface area contributed by atoms with E-state index in [0.29, 0.717) is 6.54 Å². The van der Waals surface area contributed by atoms with Gasteiger partial charge in [-0.2, -0.15) is 5.10 Å². The standard InChI is InChI=1S/C14H18BrN3/c1-9-10(2)17-18(11(9)3)14(8-16)12-4-6-13(15)7-5-12/h4-7,14H,8,16H2,1-3H3. The molecule has 0 radical (unpaired) electrons. The lowest BCUT2D eigenvalue weighted by Gasteiger charge is -2.18. The van der Waals surface area contributed by atoms with Crippen molar-refractivity contribution in [2.45, 2.75) is 26.8 Å². The molecule has 1 heterocycles. The van der Waals surface area contributed by atoms with Gasteiger partial charge < -0.3 is 5.73 Å². The summed E-state index contributed by atoms with van der Waals surface area (Å²) in [7, 11) is 0. The fourth-order valence-corrected chi connectivity index (χ4v) is 2.38. The predicted octanol–water partition coefficient (Wildman–Crippen LogP) is 3.12. The van der Waals surface area contributed by atoms with Crippen LogP contribution in [0.25, 0.3) is 0 Å². The molecule has 0 amide bonds. The summed E-state index contributed by atoms with van der Waals surface area (Å²) in [6.45, 7) is 6.77. The van der Waals surface area contributed by atoms with Crippen LogP contribution in [0.3, 0.4) is 0 Å². The van der Waals surface area contributed by atoms with E-state index in [4.69, 9.17) is 5.73 Å². The summed E-state index contributed by atoms with van der Waals surface area (Å²) in [6.07, 6.45) is 0. The van der Waals surface area contributed by atoms with Crippen molar-refractivity contribution in [1.29, 1.82) is 0 Å². The van der Waals surface area contributed by atoms with Crippen LogP contribution in [-0.2, 0) is 0 Å². The molecule has 0 saturated carbocycles. The van der Waals surface area contributed by atoms with Gasteiger partial charge in [0.15, 0.2) is 0 Å². The van der Waals surface area contributed by atoms with Crippen molar-refractivity contribution in [3.63, 3.8) is 0 Å². The van der Waals surface area contributed by atoms with Gasteiger partial charge in [0.2, 0.25) is 0 Å². The van der Waals surface area contributed by atoms with Gasteiger partial charge in [-0.05, 0) is 44.0 Å². The van der Waals surface area contributed by atoms with E-state index in [1.54, 1.807) is 0 Å². The first-order chi connectivity index (χ1) is 8.54. The van der Waals surface area contributed by atoms with Crippen molar-refractivity contribution in [2.75, 3.05) is 6.54 Å². The number of benzene rings is 1. The Morgan fingerprint density at radius 2 is 1.83 bits per heavy atom. The van der Waals surface area contributed by atoms with Crippen LogP contribution in [0.1, 0.15) is 28.6 Å². The van der Waals surface area contributed by atoms with E-state index in [1.807, 2.05) is 23.7 Å². The minimum atomic E-state index is 0.102. The summed E-state index contributed by atoms with van der Waals surface area (Å²) < 4.78 is 3.11. The van der Waals surface area contributed by atoms with Crippen LogP contribution in [0.5, 0.6) is 0 Å². The SMILES string of the molecule is Cc1nn(C(CN)c2ccc(Br)cc2)c(C)c1C. The Bertz CT molecular complexity index is 543. The molecule has 1 aromatic carbocycles. The molecule has 96 valence electrons. The van der Waals surface area contributed by atoms with E-state index in [1.165, 1.54) is 16.8 Å². The van der Waals surface area contributed by atoms with Gasteiger partial charge in [0.25, 0.3) is 0 Å². The molecule has 2 rings (SSSR count). The zero-order chi connectivity index (χ0) is 13.3. The molecular formula is C14H18BrN3. The molecule has 0 bridgehead atoms. The molecule has 0 aliphatic heterocycles. The van der Waals surface area contributed by atoms with Gasteiger partial charge in [0.05, 0.1) is 11.7 Å². The number of hydrogen-bond donors (Lipinski definition) is 1. The molecule has 0 fully saturated rings. The number of rotatable bonds is 3. The van der Waals surface area contributed by atoms with Crippen molar-refractivity contribution >= 4 is 15.9 Å². The van der Waals surface area contributed by atoms with E-state index in [0.717, 1.165) is 10.2 Å². The summed E-state index contributed by atoms with van der Waals surface area (Å²) >= 11 is 3.45. The summed E-state index contributed by atoms with van der Waals surface area (Å²) in [5.74, 6) is 0. The van der Waals surface area contributed by atoms with Crippen molar-refractivity contribution < 1.29 is 0 Å². The average molecular weight is 308 g/mol. The molecule has 2 N–H and O–H groups in total. The molecule has 1 aromatic heterocycles. The fraction of sp³-hybridized carbons (Fsp3) is 0.357. The topological polar surface area (TPSA) is 43.8 Å². The number of halogens is 1. The van der Waals surface area contributed by atoms with E-state index in [2.05, 4.69) is 47.0 Å². The first-order valence-corrected chi connectivity index (χ1v) is 6.81. The van der Waals surface area contributed by atoms with Gasteiger partial charge in [-0.1, -0.05) is 28.1 Å². The molecule has 4 heteroatoms. The minimum absolute atomic E-state index is 0.102. The summed E-state index contributed by atoms with van der Waals surface area (Å²) in [5.41, 5.74) is 10.6. The van der Waals surface area contributed by atoms with Crippen molar-refractivity contribution in [2.24, 2.45) is 5.73 Å². The molecule has 1 unspecified atom stereocenters. The van der Waals surface area contributed by atoms with Crippen LogP contribution >= 0.6 is 15.9 Å². The van der Waals surface area contributed by atoms with E-state index in [9.17, 15) is 0 Å². The van der Waals surface area contributed by atoms with Gasteiger partial charge in [-0.3, -0.25) is 4.68 Å². The normalized spacial score (nSPS) is 12.7. The monoisotopic (exact) mass is 307 g/mol. The molecule has 2 aromatic rings. The second kappa shape index (κ2) is 5.24. The molecule has 18 heavy (non-hydrogen) atoms. The number of aryl methyl sites for hydroxylation is 1. The molecular weight excluding hydrogens is 290 g/mol. The maximum Gasteiger partial charge on any atom is 0.0893 e. The van der Waals surface area contributed by atoms with Gasteiger partial charge in [0, 0.05) is 16.7 Å². The van der Waals surface area contributed by atoms with Crippen LogP contribution < -0.4 is 5.73 Å². The highest BCUT2D eigenvalue weighted by Gasteiger charge is 2.17. The Balaban J connectivity index is 2.45. The highest BCUT2D eigenvalue weighted by molar-refractivity contribution is 9.10. The third-order valence-electron chi connectivity index (χ3n) is 3.46. The predicted molar refractivity (Wildman–Crippen MR) is 77.8 cm³/mol. The second-order valence-electron chi connectivity index (χ2n) is 4.54. The zero-order valence-electron chi connectivity index (χ0n) is 10.9. The summed E-state index contributed by atoms with van der Waals surface area (Å²) in [4.78, 5) is 0. The Morgan fingerprint density at radius 3 is 2.28 bits per heavy atom. The van der Waals surface area contributed by atoms with Gasteiger partial charge in [0.1, 0.15) is 0 Å². The zero-order valence-corrected chi connectivity index (χ0v) is 12.5. The van der Waals surface area contributed by atoms with Gasteiger partial charge >= 0.3 is 0 Å². The Labute approximate surface area is 116 Å². The minimum Gasteiger partial charge on any atom is -0.328 e. The van der Waals surface area contributed by atoms with Crippen LogP contribution in [0.4, 0.5) is 0 Å². The summed E-state index contributed by atoms with van der Waals surface area (Å²) in [6, 6.07) is 8.36. The fourth-order valence-electron chi connectivity index (χ4n) is 2.11. The number of aromatic nitrogens is 2. The van der Waals surface area contributed by atoms with E-state index < -0.39 is 0 Å². The molecule has 0 aliphatic carbocycles.